The van der Waals surface area contributed by atoms with Gasteiger partial charge in [-0.05, 0) is 79.4 Å². The molecule has 0 bridgehead atoms. The highest BCUT2D eigenvalue weighted by molar-refractivity contribution is 5.66. The van der Waals surface area contributed by atoms with Gasteiger partial charge in [0.1, 0.15) is 36.1 Å². The normalized spacial score (nSPS) is 63.3. The minimum absolute atomic E-state index is 0.0113. The van der Waals surface area contributed by atoms with E-state index >= 15 is 0 Å². The second-order valence-electron chi connectivity index (χ2n) is 18.9. The number of hydrogen-bond acceptors (Lipinski definition) is 11. The van der Waals surface area contributed by atoms with Gasteiger partial charge in [-0.1, -0.05) is 34.6 Å². The Bertz CT molecular complexity index is 1390. The smallest absolute Gasteiger partial charge is 0.302 e. The summed E-state index contributed by atoms with van der Waals surface area (Å²) < 4.78 is 38.1. The first-order valence-corrected chi connectivity index (χ1v) is 18.6. The third-order valence-corrected chi connectivity index (χ3v) is 16.7. The Morgan fingerprint density at radius 1 is 0.854 bits per heavy atom. The van der Waals surface area contributed by atoms with Crippen LogP contribution in [0.15, 0.2) is 0 Å². The van der Waals surface area contributed by atoms with E-state index in [2.05, 4.69) is 41.5 Å². The molecular weight excluding hydrogens is 620 g/mol. The molecule has 48 heavy (non-hydrogen) atoms. The van der Waals surface area contributed by atoms with Crippen LogP contribution in [-0.4, -0.2) is 106 Å². The standard InChI is InChI=1S/C37H56O11/c1-17-12-37(30-32(5,48-30)16-44-37)47-27-24(17)34(7)23(45-18(2)38)13-36-15-35(36)11-10-22(46-29-26(41)25(40)19(39)14-43-29)31(3,4)20(35)8-9-21(36)33(34,6)28(27)42/h17,19-30,39-42H,8-16H2,1-7H3. The third kappa shape index (κ3) is 3.70. The van der Waals surface area contributed by atoms with E-state index in [1.54, 1.807) is 0 Å². The van der Waals surface area contributed by atoms with E-state index in [0.29, 0.717) is 18.9 Å². The van der Waals surface area contributed by atoms with Gasteiger partial charge in [0, 0.05) is 30.1 Å². The van der Waals surface area contributed by atoms with Crippen LogP contribution in [0.5, 0.6) is 0 Å². The molecule has 0 aromatic carbocycles. The molecule has 5 aliphatic carbocycles. The predicted octanol–water partition coefficient (Wildman–Crippen LogP) is 2.68. The number of aliphatic hydroxyl groups is 4. The molecule has 4 saturated heterocycles. The molecule has 4 N–H and O–H groups in total. The zero-order valence-corrected chi connectivity index (χ0v) is 29.5. The number of aliphatic hydroxyl groups excluding tert-OH is 4. The molecule has 9 aliphatic rings. The lowest BCUT2D eigenvalue weighted by Crippen LogP contribution is -2.65. The highest BCUT2D eigenvalue weighted by Gasteiger charge is 2.88. The van der Waals surface area contributed by atoms with Crippen molar-refractivity contribution < 1.29 is 53.6 Å². The van der Waals surface area contributed by atoms with Crippen molar-refractivity contribution >= 4 is 5.97 Å². The Hall–Kier alpha value is -0.890. The summed E-state index contributed by atoms with van der Waals surface area (Å²) in [5.41, 5.74) is -1.72. The van der Waals surface area contributed by atoms with Crippen molar-refractivity contribution in [3.63, 3.8) is 0 Å². The average molecular weight is 677 g/mol. The first-order valence-electron chi connectivity index (χ1n) is 18.6. The minimum Gasteiger partial charge on any atom is -0.462 e. The van der Waals surface area contributed by atoms with Gasteiger partial charge in [-0.2, -0.15) is 0 Å². The Labute approximate surface area is 283 Å². The van der Waals surface area contributed by atoms with E-state index in [9.17, 15) is 25.2 Å². The van der Waals surface area contributed by atoms with Crippen molar-refractivity contribution in [2.75, 3.05) is 13.2 Å². The number of rotatable bonds is 3. The molecule has 9 fully saturated rings. The van der Waals surface area contributed by atoms with Crippen LogP contribution >= 0.6 is 0 Å². The zero-order valence-electron chi connectivity index (χ0n) is 29.5. The van der Waals surface area contributed by atoms with E-state index in [0.717, 1.165) is 38.5 Å². The summed E-state index contributed by atoms with van der Waals surface area (Å²) in [5, 5.41) is 43.7. The van der Waals surface area contributed by atoms with Gasteiger partial charge in [-0.15, -0.1) is 0 Å². The minimum atomic E-state index is -1.32. The predicted molar refractivity (Wildman–Crippen MR) is 168 cm³/mol. The topological polar surface area (TPSA) is 157 Å². The van der Waals surface area contributed by atoms with Crippen LogP contribution in [0, 0.1) is 50.7 Å². The molecule has 11 heteroatoms. The Morgan fingerprint density at radius 2 is 1.58 bits per heavy atom. The molecule has 9 rings (SSSR count). The molecule has 19 unspecified atom stereocenters. The van der Waals surface area contributed by atoms with E-state index in [1.807, 2.05) is 0 Å². The second kappa shape index (κ2) is 9.75. The summed E-state index contributed by atoms with van der Waals surface area (Å²) in [7, 11) is 0. The molecule has 19 atom stereocenters. The van der Waals surface area contributed by atoms with Crippen molar-refractivity contribution in [3.8, 4) is 0 Å². The first-order chi connectivity index (χ1) is 22.4. The number of esters is 1. The number of ether oxygens (including phenoxy) is 6. The SMILES string of the molecule is CC(=O)OC1CC23CC24CCC(OC2OCC(O)C(O)C2O)C(C)(C)C4CCC3C2(C)C(O)C3OC4(CC(C)C3C12C)OCC1(C)OC14. The fraction of sp³-hybridized carbons (Fsp3) is 0.973. The Morgan fingerprint density at radius 3 is 2.25 bits per heavy atom. The lowest BCUT2D eigenvalue weighted by Gasteiger charge is -2.65. The molecule has 11 nitrogen and oxygen atoms in total. The fourth-order valence-corrected chi connectivity index (χ4v) is 14.5. The number of hydrogen-bond donors (Lipinski definition) is 4. The van der Waals surface area contributed by atoms with E-state index in [4.69, 9.17) is 28.4 Å². The lowest BCUT2D eigenvalue weighted by atomic mass is 9.40. The quantitative estimate of drug-likeness (QED) is 0.198. The summed E-state index contributed by atoms with van der Waals surface area (Å²) in [5.74, 6) is -0.435. The summed E-state index contributed by atoms with van der Waals surface area (Å²) in [6.45, 7) is 15.3. The van der Waals surface area contributed by atoms with Crippen LogP contribution in [0.1, 0.15) is 93.4 Å². The van der Waals surface area contributed by atoms with Gasteiger partial charge >= 0.3 is 5.97 Å². The van der Waals surface area contributed by atoms with Gasteiger partial charge in [-0.25, -0.2) is 0 Å². The van der Waals surface area contributed by atoms with E-state index in [1.165, 1.54) is 6.92 Å². The Balaban J connectivity index is 1.05. The van der Waals surface area contributed by atoms with Crippen LogP contribution in [0.25, 0.3) is 0 Å². The summed E-state index contributed by atoms with van der Waals surface area (Å²) in [4.78, 5) is 12.9. The molecule has 4 aliphatic heterocycles. The average Bonchev–Trinajstić information content (AvgIpc) is 3.85. The molecule has 5 saturated carbocycles. The largest absolute Gasteiger partial charge is 0.462 e. The van der Waals surface area contributed by atoms with E-state index in [-0.39, 0.29) is 70.5 Å². The molecule has 3 spiro atoms. The van der Waals surface area contributed by atoms with Crippen molar-refractivity contribution in [1.29, 1.82) is 0 Å². The van der Waals surface area contributed by atoms with Crippen LogP contribution in [0.2, 0.25) is 0 Å². The number of carbonyl (C=O) groups is 1. The molecule has 4 heterocycles. The summed E-state index contributed by atoms with van der Waals surface area (Å²) in [6.07, 6.45) is -0.553. The molecular formula is C37H56O11. The maximum atomic E-state index is 12.9. The van der Waals surface area contributed by atoms with Gasteiger partial charge in [0.15, 0.2) is 12.1 Å². The highest BCUT2D eigenvalue weighted by Crippen LogP contribution is 2.89. The van der Waals surface area contributed by atoms with Crippen molar-refractivity contribution in [3.05, 3.63) is 0 Å². The fourth-order valence-electron chi connectivity index (χ4n) is 14.5. The van der Waals surface area contributed by atoms with Crippen molar-refractivity contribution in [2.45, 2.75) is 160 Å². The first kappa shape index (κ1) is 33.0. The molecule has 0 radical (unpaired) electrons. The van der Waals surface area contributed by atoms with Gasteiger partial charge in [-0.3, -0.25) is 4.79 Å². The van der Waals surface area contributed by atoms with Crippen LogP contribution < -0.4 is 0 Å². The molecule has 0 aromatic heterocycles. The van der Waals surface area contributed by atoms with Crippen LogP contribution in [-0.2, 0) is 33.2 Å². The third-order valence-electron chi connectivity index (χ3n) is 16.7. The highest BCUT2D eigenvalue weighted by atomic mass is 16.8. The van der Waals surface area contributed by atoms with Crippen molar-refractivity contribution in [1.82, 2.24) is 0 Å². The van der Waals surface area contributed by atoms with Gasteiger partial charge in [0.05, 0.1) is 31.5 Å². The van der Waals surface area contributed by atoms with Crippen molar-refractivity contribution in [2.24, 2.45) is 50.7 Å². The molecule has 0 amide bonds. The Kier molecular flexibility index (Phi) is 6.70. The maximum absolute atomic E-state index is 12.9. The zero-order chi connectivity index (χ0) is 34.2. The number of fused-ring (bicyclic) bond motifs is 6. The summed E-state index contributed by atoms with van der Waals surface area (Å²) >= 11 is 0. The van der Waals surface area contributed by atoms with Gasteiger partial charge in [0.25, 0.3) is 0 Å². The number of carbonyl (C=O) groups excluding carboxylic acids is 1. The number of epoxide rings is 1. The van der Waals surface area contributed by atoms with Crippen LogP contribution in [0.3, 0.4) is 0 Å². The maximum Gasteiger partial charge on any atom is 0.302 e. The molecule has 270 valence electrons. The van der Waals surface area contributed by atoms with Gasteiger partial charge < -0.3 is 48.8 Å². The summed E-state index contributed by atoms with van der Waals surface area (Å²) in [6, 6.07) is 0. The van der Waals surface area contributed by atoms with Crippen LogP contribution in [0.4, 0.5) is 0 Å². The molecule has 0 aromatic rings. The second-order valence-corrected chi connectivity index (χ2v) is 18.9. The monoisotopic (exact) mass is 676 g/mol. The van der Waals surface area contributed by atoms with E-state index < -0.39 is 53.4 Å². The lowest BCUT2D eigenvalue weighted by molar-refractivity contribution is -0.315. The van der Waals surface area contributed by atoms with Gasteiger partial charge in [0.2, 0.25) is 0 Å².